The first-order valence-electron chi connectivity index (χ1n) is 10.1. The summed E-state index contributed by atoms with van der Waals surface area (Å²) in [4.78, 5) is 26.8. The van der Waals surface area contributed by atoms with Gasteiger partial charge in [-0.2, -0.15) is 0 Å². The number of esters is 1. The van der Waals surface area contributed by atoms with Gasteiger partial charge in [0, 0.05) is 5.97 Å². The van der Waals surface area contributed by atoms with Gasteiger partial charge in [-0.25, -0.2) is 0 Å². The van der Waals surface area contributed by atoms with E-state index in [0.717, 1.165) is 16.7 Å². The van der Waals surface area contributed by atoms with Gasteiger partial charge in [0.2, 0.25) is 0 Å². The number of carboxylic acids is 1. The monoisotopic (exact) mass is 449 g/mol. The number of aliphatic carboxylic acids is 1. The summed E-state index contributed by atoms with van der Waals surface area (Å²) in [5.74, 6) is -2.54. The Labute approximate surface area is 213 Å². The fourth-order valence-corrected chi connectivity index (χ4v) is 3.18. The zero-order valence-electron chi connectivity index (χ0n) is 18.1. The van der Waals surface area contributed by atoms with Crippen LogP contribution >= 0.6 is 0 Å². The van der Waals surface area contributed by atoms with Crippen molar-refractivity contribution >= 4 is 55.6 Å². The minimum absolute atomic E-state index is 0. The molecule has 2 aromatic carbocycles. The van der Waals surface area contributed by atoms with Crippen LogP contribution in [0.4, 0.5) is 0 Å². The van der Waals surface area contributed by atoms with E-state index in [1.54, 1.807) is 13.8 Å². The normalized spacial score (nSPS) is 13.0. The Hall–Kier alpha value is -1.89. The molecule has 0 saturated carbocycles. The molecule has 0 amide bonds. The van der Waals surface area contributed by atoms with E-state index in [1.807, 2.05) is 54.6 Å². The first-order valence-corrected chi connectivity index (χ1v) is 10.1. The Bertz CT molecular complexity index is 852. The van der Waals surface area contributed by atoms with Crippen molar-refractivity contribution in [2.24, 2.45) is 10.9 Å². The van der Waals surface area contributed by atoms with Crippen LogP contribution in [0.3, 0.4) is 0 Å². The van der Waals surface area contributed by atoms with Crippen molar-refractivity contribution in [1.29, 1.82) is 0 Å². The zero-order valence-corrected chi connectivity index (χ0v) is 20.3. The average molecular weight is 450 g/mol. The molecule has 0 radical (unpaired) electrons. The first-order chi connectivity index (χ1) is 14.4. The summed E-state index contributed by atoms with van der Waals surface area (Å²) < 4.78 is 5.05. The maximum absolute atomic E-state index is 12.1. The molecule has 0 aliphatic rings. The maximum atomic E-state index is 12.1. The Morgan fingerprint density at radius 1 is 0.968 bits per heavy atom. The number of hydrogen-bond donors (Lipinski definition) is 0. The second-order valence-electron chi connectivity index (χ2n) is 7.20. The molecule has 2 atom stereocenters. The molecule has 160 valence electrons. The van der Waals surface area contributed by atoms with Gasteiger partial charge in [0.15, 0.2) is 0 Å². The topological polar surface area (TPSA) is 102 Å². The van der Waals surface area contributed by atoms with Gasteiger partial charge in [0.05, 0.1) is 18.6 Å². The van der Waals surface area contributed by atoms with Gasteiger partial charge in [-0.3, -0.25) is 4.79 Å². The molecular formula is C24H27CaNO5. The SMILES string of the molecule is CCOC(=O)[C@H](C)C[C@@H](Cc1ccc(-c2ccccc2)cc1)N=C([O-])CCC(=O)[O-].[Ca+2]. The van der Waals surface area contributed by atoms with E-state index in [1.165, 1.54) is 0 Å². The summed E-state index contributed by atoms with van der Waals surface area (Å²) in [5.41, 5.74) is 3.17. The van der Waals surface area contributed by atoms with Crippen molar-refractivity contribution in [1.82, 2.24) is 0 Å². The molecule has 2 rings (SSSR count). The summed E-state index contributed by atoms with van der Waals surface area (Å²) >= 11 is 0. The van der Waals surface area contributed by atoms with Gasteiger partial charge < -0.3 is 24.7 Å². The number of carbonyl (C=O) groups excluding carboxylic acids is 2. The molecule has 0 bridgehead atoms. The van der Waals surface area contributed by atoms with Gasteiger partial charge in [0.1, 0.15) is 0 Å². The first kappa shape index (κ1) is 27.1. The fourth-order valence-electron chi connectivity index (χ4n) is 3.18. The summed E-state index contributed by atoms with van der Waals surface area (Å²) in [6.07, 6.45) is 0.236. The van der Waals surface area contributed by atoms with E-state index in [2.05, 4.69) is 4.99 Å². The summed E-state index contributed by atoms with van der Waals surface area (Å²) in [5, 5.41) is 22.7. The van der Waals surface area contributed by atoms with Gasteiger partial charge in [-0.05, 0) is 55.2 Å². The smallest absolute Gasteiger partial charge is 0.862 e. The van der Waals surface area contributed by atoms with E-state index in [4.69, 9.17) is 4.74 Å². The van der Waals surface area contributed by atoms with Gasteiger partial charge in [-0.1, -0.05) is 61.5 Å². The number of carboxylic acid groups (broad SMARTS) is 1. The van der Waals surface area contributed by atoms with Crippen molar-refractivity contribution in [3.8, 4) is 11.1 Å². The average Bonchev–Trinajstić information content (AvgIpc) is 2.73. The summed E-state index contributed by atoms with van der Waals surface area (Å²) in [7, 11) is 0. The van der Waals surface area contributed by atoms with Crippen molar-refractivity contribution in [3.05, 3.63) is 60.2 Å². The Balaban J connectivity index is 0.00000480. The third-order valence-corrected chi connectivity index (χ3v) is 4.72. The minimum Gasteiger partial charge on any atom is -0.862 e. The summed E-state index contributed by atoms with van der Waals surface area (Å²) in [6.45, 7) is 3.77. The third kappa shape index (κ3) is 9.85. The van der Waals surface area contributed by atoms with Crippen LogP contribution in [0.25, 0.3) is 11.1 Å². The number of nitrogens with zero attached hydrogens (tertiary/aromatic N) is 1. The molecule has 0 unspecified atom stereocenters. The summed E-state index contributed by atoms with van der Waals surface area (Å²) in [6, 6.07) is 17.5. The molecule has 7 heteroatoms. The molecule has 0 saturated heterocycles. The third-order valence-electron chi connectivity index (χ3n) is 4.72. The van der Waals surface area contributed by atoms with E-state index in [9.17, 15) is 19.8 Å². The second kappa shape index (κ2) is 14.2. The second-order valence-corrected chi connectivity index (χ2v) is 7.20. The molecule has 6 nitrogen and oxygen atoms in total. The standard InChI is InChI=1S/C24H29NO5.Ca/c1-3-30-24(29)17(2)15-21(25-22(26)13-14-23(27)28)16-18-9-11-20(12-10-18)19-7-5-4-6-8-19;/h4-12,17,21H,3,13-16H2,1-2H3,(H,25,26)(H,27,28);/q;+2/p-2/t17-,21+;/m1./s1. The number of hydrogen-bond acceptors (Lipinski definition) is 6. The Morgan fingerprint density at radius 2 is 1.58 bits per heavy atom. The largest absolute Gasteiger partial charge is 2.00 e. The minimum atomic E-state index is -1.29. The van der Waals surface area contributed by atoms with Crippen molar-refractivity contribution in [2.75, 3.05) is 6.61 Å². The van der Waals surface area contributed by atoms with Gasteiger partial charge in [-0.15, -0.1) is 0 Å². The number of carbonyl (C=O) groups is 2. The van der Waals surface area contributed by atoms with Crippen LogP contribution in [-0.4, -0.2) is 68.2 Å². The molecule has 31 heavy (non-hydrogen) atoms. The molecule has 0 heterocycles. The molecule has 2 aromatic rings. The maximum Gasteiger partial charge on any atom is 2.00 e. The molecule has 0 fully saturated rings. The van der Waals surface area contributed by atoms with E-state index >= 15 is 0 Å². The van der Waals surface area contributed by atoms with Crippen LogP contribution in [0.2, 0.25) is 0 Å². The number of ether oxygens (including phenoxy) is 1. The van der Waals surface area contributed by atoms with Crippen LogP contribution in [0.1, 0.15) is 38.7 Å². The van der Waals surface area contributed by atoms with Crippen LogP contribution in [-0.2, 0) is 20.7 Å². The molecule has 0 aliphatic heterocycles. The van der Waals surface area contributed by atoms with Crippen molar-refractivity contribution in [2.45, 2.75) is 45.6 Å². The van der Waals surface area contributed by atoms with Crippen LogP contribution in [0, 0.1) is 5.92 Å². The van der Waals surface area contributed by atoms with E-state index < -0.39 is 23.8 Å². The fraction of sp³-hybridized carbons (Fsp3) is 0.375. The van der Waals surface area contributed by atoms with Crippen molar-refractivity contribution < 1.29 is 24.5 Å². The number of rotatable bonds is 11. The van der Waals surface area contributed by atoms with Crippen LogP contribution in [0.5, 0.6) is 0 Å². The molecule has 0 spiro atoms. The van der Waals surface area contributed by atoms with E-state index in [-0.39, 0.29) is 63.2 Å². The molecule has 0 aliphatic carbocycles. The van der Waals surface area contributed by atoms with E-state index in [0.29, 0.717) is 12.8 Å². The zero-order chi connectivity index (χ0) is 21.9. The predicted molar refractivity (Wildman–Crippen MR) is 117 cm³/mol. The Kier molecular flexibility index (Phi) is 12.5. The predicted octanol–water partition coefficient (Wildman–Crippen LogP) is 1.76. The van der Waals surface area contributed by atoms with Gasteiger partial charge >= 0.3 is 43.7 Å². The number of aliphatic imine (C=N–C) groups is 1. The van der Waals surface area contributed by atoms with Gasteiger partial charge in [0.25, 0.3) is 0 Å². The van der Waals surface area contributed by atoms with Crippen LogP contribution in [0.15, 0.2) is 59.6 Å². The van der Waals surface area contributed by atoms with Crippen LogP contribution < -0.4 is 10.2 Å². The quantitative estimate of drug-likeness (QED) is 0.225. The number of benzene rings is 2. The van der Waals surface area contributed by atoms with Crippen molar-refractivity contribution in [3.63, 3.8) is 0 Å². The Morgan fingerprint density at radius 3 is 2.16 bits per heavy atom. The molecule has 0 aromatic heterocycles. The molecule has 0 N–H and O–H groups in total. The molecular weight excluding hydrogens is 422 g/mol.